The Balaban J connectivity index is 2.76. The average Bonchev–Trinajstić information content (AvgIpc) is 2.72. The molecule has 0 bridgehead atoms. The number of amides is 1. The van der Waals surface area contributed by atoms with E-state index in [1.54, 1.807) is 6.20 Å². The Bertz CT molecular complexity index is 362. The van der Waals surface area contributed by atoms with Crippen molar-refractivity contribution < 1.29 is 15.0 Å². The molecule has 1 aliphatic rings. The molecule has 0 saturated carbocycles. The summed E-state index contributed by atoms with van der Waals surface area (Å²) in [6, 6.07) is 1.93. The molecule has 0 atom stereocenters. The molecule has 1 rings (SSSR count). The molecule has 0 aliphatic carbocycles. The van der Waals surface area contributed by atoms with Gasteiger partial charge >= 0.3 is 0 Å². The average molecular weight is 281 g/mol. The molecular formula is C14H23N3O3. The number of hydrogen-bond donors (Lipinski definition) is 2. The van der Waals surface area contributed by atoms with E-state index in [4.69, 9.17) is 15.5 Å². The van der Waals surface area contributed by atoms with Gasteiger partial charge in [0.2, 0.25) is 0 Å². The van der Waals surface area contributed by atoms with Crippen molar-refractivity contribution in [1.29, 1.82) is 5.26 Å². The number of nitriles is 1. The fourth-order valence-corrected chi connectivity index (χ4v) is 2.27. The van der Waals surface area contributed by atoms with Gasteiger partial charge in [0.15, 0.2) is 0 Å². The maximum absolute atomic E-state index is 12.2. The molecule has 0 unspecified atom stereocenters. The van der Waals surface area contributed by atoms with Gasteiger partial charge in [0.1, 0.15) is 11.6 Å². The van der Waals surface area contributed by atoms with Gasteiger partial charge in [-0.25, -0.2) is 0 Å². The number of rotatable bonds is 6. The zero-order chi connectivity index (χ0) is 14.8. The van der Waals surface area contributed by atoms with Gasteiger partial charge in [0.05, 0.1) is 13.2 Å². The van der Waals surface area contributed by atoms with Gasteiger partial charge in [-0.2, -0.15) is 5.26 Å². The number of carbonyl (C=O) groups excluding carboxylic acids is 1. The lowest BCUT2D eigenvalue weighted by Gasteiger charge is -2.22. The van der Waals surface area contributed by atoms with Crippen molar-refractivity contribution in [3.05, 3.63) is 11.8 Å². The molecule has 6 nitrogen and oxygen atoms in total. The van der Waals surface area contributed by atoms with Crippen LogP contribution in [-0.2, 0) is 4.79 Å². The second kappa shape index (κ2) is 9.34. The van der Waals surface area contributed by atoms with Crippen LogP contribution in [0.5, 0.6) is 0 Å². The van der Waals surface area contributed by atoms with Gasteiger partial charge in [0.25, 0.3) is 5.91 Å². The summed E-state index contributed by atoms with van der Waals surface area (Å²) in [7, 11) is 0. The molecule has 1 fully saturated rings. The third-order valence-corrected chi connectivity index (χ3v) is 3.33. The molecular weight excluding hydrogens is 258 g/mol. The minimum Gasteiger partial charge on any atom is -0.395 e. The van der Waals surface area contributed by atoms with Crippen LogP contribution in [0.2, 0.25) is 0 Å². The van der Waals surface area contributed by atoms with Crippen LogP contribution < -0.4 is 0 Å². The van der Waals surface area contributed by atoms with Crippen LogP contribution >= 0.6 is 0 Å². The van der Waals surface area contributed by atoms with Gasteiger partial charge in [-0.05, 0) is 12.8 Å². The van der Waals surface area contributed by atoms with Crippen molar-refractivity contribution in [3.63, 3.8) is 0 Å². The molecule has 6 heteroatoms. The zero-order valence-electron chi connectivity index (χ0n) is 11.8. The summed E-state index contributed by atoms with van der Waals surface area (Å²) in [4.78, 5) is 15.5. The maximum Gasteiger partial charge on any atom is 0.266 e. The summed E-state index contributed by atoms with van der Waals surface area (Å²) in [6.45, 7) is 1.59. The van der Waals surface area contributed by atoms with Crippen molar-refractivity contribution in [2.75, 3.05) is 39.4 Å². The Kier molecular flexibility index (Phi) is 7.70. The number of likely N-dealkylation sites (tertiary alicyclic amines) is 1. The van der Waals surface area contributed by atoms with Gasteiger partial charge in [-0.3, -0.25) is 4.79 Å². The van der Waals surface area contributed by atoms with Crippen LogP contribution in [0, 0.1) is 11.3 Å². The van der Waals surface area contributed by atoms with E-state index < -0.39 is 5.91 Å². The first-order chi connectivity index (χ1) is 9.72. The van der Waals surface area contributed by atoms with E-state index in [0.717, 1.165) is 25.9 Å². The number of aliphatic hydroxyl groups excluding tert-OH is 2. The molecule has 0 aromatic heterocycles. The highest BCUT2D eigenvalue weighted by Crippen LogP contribution is 2.12. The summed E-state index contributed by atoms with van der Waals surface area (Å²) < 4.78 is 0. The van der Waals surface area contributed by atoms with Crippen molar-refractivity contribution in [2.24, 2.45) is 0 Å². The standard InChI is InChI=1S/C14H23N3O3/c15-11-13(12-16-5-3-1-2-4-6-16)14(20)17(7-9-18)8-10-19/h12,18-19H,1-10H2/b13-12-. The van der Waals surface area contributed by atoms with E-state index in [-0.39, 0.29) is 31.9 Å². The van der Waals surface area contributed by atoms with Gasteiger partial charge < -0.3 is 20.0 Å². The van der Waals surface area contributed by atoms with E-state index in [9.17, 15) is 4.79 Å². The quantitative estimate of drug-likeness (QED) is 0.532. The minimum absolute atomic E-state index is 0.0637. The molecule has 2 N–H and O–H groups in total. The number of aliphatic hydroxyl groups is 2. The molecule has 0 radical (unpaired) electrons. The molecule has 0 aromatic rings. The first-order valence-corrected chi connectivity index (χ1v) is 7.10. The fourth-order valence-electron chi connectivity index (χ4n) is 2.27. The van der Waals surface area contributed by atoms with E-state index in [0.29, 0.717) is 0 Å². The van der Waals surface area contributed by atoms with Crippen LogP contribution in [0.4, 0.5) is 0 Å². The molecule has 1 aliphatic heterocycles. The van der Waals surface area contributed by atoms with Crippen LogP contribution in [0.3, 0.4) is 0 Å². The topological polar surface area (TPSA) is 87.8 Å². The first-order valence-electron chi connectivity index (χ1n) is 7.10. The van der Waals surface area contributed by atoms with Gasteiger partial charge in [-0.15, -0.1) is 0 Å². The van der Waals surface area contributed by atoms with Crippen molar-refractivity contribution >= 4 is 5.91 Å². The van der Waals surface area contributed by atoms with Crippen molar-refractivity contribution in [2.45, 2.75) is 25.7 Å². The number of nitrogens with zero attached hydrogens (tertiary/aromatic N) is 3. The lowest BCUT2D eigenvalue weighted by atomic mass is 10.2. The normalized spacial score (nSPS) is 16.4. The van der Waals surface area contributed by atoms with Gasteiger partial charge in [0, 0.05) is 32.4 Å². The SMILES string of the molecule is N#C/C(=C/N1CCCCCC1)C(=O)N(CCO)CCO. The Hall–Kier alpha value is -1.58. The fraction of sp³-hybridized carbons (Fsp3) is 0.714. The van der Waals surface area contributed by atoms with Crippen molar-refractivity contribution in [1.82, 2.24) is 9.80 Å². The highest BCUT2D eigenvalue weighted by atomic mass is 16.3. The molecule has 112 valence electrons. The summed E-state index contributed by atoms with van der Waals surface area (Å²) in [5.74, 6) is -0.431. The molecule has 20 heavy (non-hydrogen) atoms. The largest absolute Gasteiger partial charge is 0.395 e. The Morgan fingerprint density at radius 1 is 1.15 bits per heavy atom. The smallest absolute Gasteiger partial charge is 0.266 e. The summed E-state index contributed by atoms with van der Waals surface area (Å²) in [5.41, 5.74) is 0.0637. The predicted molar refractivity (Wildman–Crippen MR) is 74.5 cm³/mol. The van der Waals surface area contributed by atoms with E-state index in [1.165, 1.54) is 17.7 Å². The number of hydrogen-bond acceptors (Lipinski definition) is 5. The van der Waals surface area contributed by atoms with Crippen LogP contribution in [0.25, 0.3) is 0 Å². The lowest BCUT2D eigenvalue weighted by molar-refractivity contribution is -0.127. The Morgan fingerprint density at radius 2 is 1.70 bits per heavy atom. The first kappa shape index (κ1) is 16.5. The maximum atomic E-state index is 12.2. The van der Waals surface area contributed by atoms with Crippen LogP contribution in [0.15, 0.2) is 11.8 Å². The molecule has 1 saturated heterocycles. The summed E-state index contributed by atoms with van der Waals surface area (Å²) in [5, 5.41) is 27.0. The second-order valence-corrected chi connectivity index (χ2v) is 4.84. The number of carbonyl (C=O) groups is 1. The third kappa shape index (κ3) is 5.19. The van der Waals surface area contributed by atoms with E-state index in [2.05, 4.69) is 0 Å². The molecule has 0 aromatic carbocycles. The lowest BCUT2D eigenvalue weighted by Crippen LogP contribution is -2.37. The van der Waals surface area contributed by atoms with Gasteiger partial charge in [-0.1, -0.05) is 12.8 Å². The Labute approximate surface area is 119 Å². The minimum atomic E-state index is -0.431. The van der Waals surface area contributed by atoms with E-state index >= 15 is 0 Å². The van der Waals surface area contributed by atoms with Crippen LogP contribution in [-0.4, -0.2) is 65.3 Å². The molecule has 1 amide bonds. The van der Waals surface area contributed by atoms with Crippen molar-refractivity contribution in [3.8, 4) is 6.07 Å². The highest BCUT2D eigenvalue weighted by Gasteiger charge is 2.18. The van der Waals surface area contributed by atoms with E-state index in [1.807, 2.05) is 11.0 Å². The molecule has 0 spiro atoms. The Morgan fingerprint density at radius 3 is 2.15 bits per heavy atom. The molecule has 1 heterocycles. The second-order valence-electron chi connectivity index (χ2n) is 4.84. The third-order valence-electron chi connectivity index (χ3n) is 3.33. The predicted octanol–water partition coefficient (Wildman–Crippen LogP) is 0.0831. The summed E-state index contributed by atoms with van der Waals surface area (Å²) in [6.07, 6.45) is 6.12. The monoisotopic (exact) mass is 281 g/mol. The zero-order valence-corrected chi connectivity index (χ0v) is 11.8. The van der Waals surface area contributed by atoms with Crippen LogP contribution in [0.1, 0.15) is 25.7 Å². The summed E-state index contributed by atoms with van der Waals surface area (Å²) >= 11 is 0. The highest BCUT2D eigenvalue weighted by molar-refractivity contribution is 5.97.